The fraction of sp³-hybridized carbons (Fsp3) is 0.591. The minimum Gasteiger partial charge on any atom is -0.273 e. The van der Waals surface area contributed by atoms with E-state index >= 15 is 0 Å². The Morgan fingerprint density at radius 1 is 1.15 bits per heavy atom. The highest BCUT2D eigenvalue weighted by Crippen LogP contribution is 2.45. The van der Waals surface area contributed by atoms with Crippen molar-refractivity contribution >= 4 is 16.8 Å². The Morgan fingerprint density at radius 2 is 1.78 bits per heavy atom. The van der Waals surface area contributed by atoms with Crippen molar-refractivity contribution in [1.82, 2.24) is 9.66 Å². The molecule has 1 amide bonds. The molecule has 2 saturated carbocycles. The second-order valence-electron chi connectivity index (χ2n) is 8.57. The van der Waals surface area contributed by atoms with Crippen LogP contribution in [0.3, 0.4) is 0 Å². The largest absolute Gasteiger partial charge is 0.280 e. The average molecular weight is 367 g/mol. The van der Waals surface area contributed by atoms with Crippen molar-refractivity contribution in [2.24, 2.45) is 17.8 Å². The van der Waals surface area contributed by atoms with Crippen molar-refractivity contribution in [1.29, 1.82) is 0 Å². The molecule has 144 valence electrons. The molecule has 2 aliphatic rings. The highest BCUT2D eigenvalue weighted by molar-refractivity contribution is 5.85. The molecule has 0 atom stereocenters. The molecule has 0 saturated heterocycles. The molecule has 2 aromatic rings. The maximum atomic E-state index is 13.0. The lowest BCUT2D eigenvalue weighted by atomic mass is 9.63. The van der Waals surface area contributed by atoms with Crippen molar-refractivity contribution in [3.05, 3.63) is 40.4 Å². The molecule has 0 radical (unpaired) electrons. The third-order valence-electron chi connectivity index (χ3n) is 6.49. The molecular formula is C22H29N3O2. The quantitative estimate of drug-likeness (QED) is 0.881. The molecular weight excluding hydrogens is 338 g/mol. The summed E-state index contributed by atoms with van der Waals surface area (Å²) < 4.78 is 1.38. The number of carbonyl (C=O) groups excluding carboxylic acids is 1. The van der Waals surface area contributed by atoms with Crippen molar-refractivity contribution in [3.8, 4) is 0 Å². The molecule has 5 nitrogen and oxygen atoms in total. The second kappa shape index (κ2) is 7.45. The van der Waals surface area contributed by atoms with E-state index in [0.29, 0.717) is 40.9 Å². The van der Waals surface area contributed by atoms with Crippen LogP contribution in [-0.2, 0) is 4.79 Å². The van der Waals surface area contributed by atoms with Crippen LogP contribution in [0, 0.1) is 17.8 Å². The summed E-state index contributed by atoms with van der Waals surface area (Å²) in [6.07, 6.45) is 8.14. The molecule has 0 spiro atoms. The van der Waals surface area contributed by atoms with E-state index in [2.05, 4.69) is 10.4 Å². The Hall–Kier alpha value is -2.17. The minimum atomic E-state index is -0.193. The van der Waals surface area contributed by atoms with E-state index in [0.717, 1.165) is 0 Å². The third kappa shape index (κ3) is 3.52. The van der Waals surface area contributed by atoms with Gasteiger partial charge in [-0.25, -0.2) is 9.66 Å². The van der Waals surface area contributed by atoms with E-state index in [1.54, 1.807) is 6.07 Å². The Labute approximate surface area is 160 Å². The van der Waals surface area contributed by atoms with E-state index in [9.17, 15) is 9.59 Å². The van der Waals surface area contributed by atoms with E-state index in [-0.39, 0.29) is 17.4 Å². The first-order valence-corrected chi connectivity index (χ1v) is 10.4. The number of nitrogens with one attached hydrogen (secondary N) is 1. The van der Waals surface area contributed by atoms with Gasteiger partial charge in [-0.1, -0.05) is 64.5 Å². The predicted octanol–water partition coefficient (Wildman–Crippen LogP) is 4.20. The molecule has 4 rings (SSSR count). The first-order valence-electron chi connectivity index (χ1n) is 10.4. The summed E-state index contributed by atoms with van der Waals surface area (Å²) >= 11 is 0. The lowest BCUT2D eigenvalue weighted by molar-refractivity contribution is -0.119. The Kier molecular flexibility index (Phi) is 5.02. The Morgan fingerprint density at radius 3 is 2.41 bits per heavy atom. The van der Waals surface area contributed by atoms with Crippen LogP contribution in [0.4, 0.5) is 0 Å². The van der Waals surface area contributed by atoms with E-state index < -0.39 is 0 Å². The molecule has 1 aromatic carbocycles. The van der Waals surface area contributed by atoms with E-state index in [1.807, 2.05) is 32.0 Å². The third-order valence-corrected chi connectivity index (χ3v) is 6.49. The van der Waals surface area contributed by atoms with Crippen LogP contribution in [-0.4, -0.2) is 15.6 Å². The minimum absolute atomic E-state index is 0.0386. The summed E-state index contributed by atoms with van der Waals surface area (Å²) in [5.74, 6) is 2.42. The number of rotatable bonds is 4. The van der Waals surface area contributed by atoms with Crippen LogP contribution < -0.4 is 11.0 Å². The summed E-state index contributed by atoms with van der Waals surface area (Å²) in [4.78, 5) is 30.5. The van der Waals surface area contributed by atoms with Crippen LogP contribution in [0.5, 0.6) is 0 Å². The maximum absolute atomic E-state index is 13.0. The zero-order chi connectivity index (χ0) is 19.0. The molecule has 2 fully saturated rings. The summed E-state index contributed by atoms with van der Waals surface area (Å²) in [5, 5.41) is 0.539. The average Bonchev–Trinajstić information content (AvgIpc) is 2.63. The van der Waals surface area contributed by atoms with Gasteiger partial charge in [0.25, 0.3) is 5.56 Å². The van der Waals surface area contributed by atoms with Gasteiger partial charge in [-0.3, -0.25) is 15.0 Å². The number of benzene rings is 1. The summed E-state index contributed by atoms with van der Waals surface area (Å²) in [6, 6.07) is 7.32. The zero-order valence-electron chi connectivity index (χ0n) is 16.3. The lowest BCUT2D eigenvalue weighted by Gasteiger charge is -2.42. The maximum Gasteiger partial charge on any atom is 0.280 e. The molecule has 27 heavy (non-hydrogen) atoms. The number of aromatic nitrogens is 2. The normalized spacial score (nSPS) is 24.9. The van der Waals surface area contributed by atoms with Crippen LogP contribution in [0.2, 0.25) is 0 Å². The molecule has 2 bridgehead atoms. The van der Waals surface area contributed by atoms with Gasteiger partial charge in [0.1, 0.15) is 5.82 Å². The SMILES string of the molecule is CC(C)c1nc2ccccc2c(=O)n1NC(=O)CC1C2CCCC1CCC2. The number of hydrogen-bond donors (Lipinski definition) is 1. The highest BCUT2D eigenvalue weighted by Gasteiger charge is 2.37. The molecule has 1 heterocycles. The van der Waals surface area contributed by atoms with Crippen LogP contribution in [0.15, 0.2) is 29.1 Å². The fourth-order valence-corrected chi connectivity index (χ4v) is 5.18. The van der Waals surface area contributed by atoms with Gasteiger partial charge < -0.3 is 0 Å². The molecule has 0 aliphatic heterocycles. The Bertz CT molecular complexity index is 880. The van der Waals surface area contributed by atoms with Gasteiger partial charge in [-0.05, 0) is 29.9 Å². The number of carbonyl (C=O) groups is 1. The number of hydrogen-bond acceptors (Lipinski definition) is 3. The van der Waals surface area contributed by atoms with E-state index in [4.69, 9.17) is 0 Å². The first kappa shape index (κ1) is 18.2. The van der Waals surface area contributed by atoms with Crippen LogP contribution in [0.25, 0.3) is 10.9 Å². The van der Waals surface area contributed by atoms with Gasteiger partial charge in [0, 0.05) is 12.3 Å². The molecule has 1 aromatic heterocycles. The van der Waals surface area contributed by atoms with Crippen LogP contribution >= 0.6 is 0 Å². The van der Waals surface area contributed by atoms with Gasteiger partial charge in [-0.2, -0.15) is 0 Å². The predicted molar refractivity (Wildman–Crippen MR) is 107 cm³/mol. The van der Waals surface area contributed by atoms with Gasteiger partial charge in [0.05, 0.1) is 10.9 Å². The number of fused-ring (bicyclic) bond motifs is 3. The Balaban J connectivity index is 1.61. The molecule has 1 N–H and O–H groups in total. The summed E-state index contributed by atoms with van der Waals surface area (Å²) in [6.45, 7) is 3.98. The molecule has 0 unspecified atom stereocenters. The molecule has 5 heteroatoms. The van der Waals surface area contributed by atoms with E-state index in [1.165, 1.54) is 43.2 Å². The second-order valence-corrected chi connectivity index (χ2v) is 8.57. The molecule has 2 aliphatic carbocycles. The monoisotopic (exact) mass is 367 g/mol. The lowest BCUT2D eigenvalue weighted by Crippen LogP contribution is -2.40. The smallest absolute Gasteiger partial charge is 0.273 e. The van der Waals surface area contributed by atoms with Crippen molar-refractivity contribution < 1.29 is 4.79 Å². The van der Waals surface area contributed by atoms with Gasteiger partial charge in [-0.15, -0.1) is 0 Å². The van der Waals surface area contributed by atoms with Crippen LogP contribution in [0.1, 0.15) is 70.5 Å². The summed E-state index contributed by atoms with van der Waals surface area (Å²) in [7, 11) is 0. The number of para-hydroxylation sites is 1. The number of amides is 1. The van der Waals surface area contributed by atoms with Gasteiger partial charge >= 0.3 is 0 Å². The van der Waals surface area contributed by atoms with Crippen molar-refractivity contribution in [3.63, 3.8) is 0 Å². The fourth-order valence-electron chi connectivity index (χ4n) is 5.18. The van der Waals surface area contributed by atoms with Gasteiger partial charge in [0.2, 0.25) is 5.91 Å². The standard InChI is InChI=1S/C22H29N3O2/c1-14(2)21-23-19-12-4-3-11-17(19)22(27)25(21)24-20(26)13-18-15-7-5-8-16(18)10-6-9-15/h3-4,11-12,14-16,18H,5-10,13H2,1-2H3,(H,24,26). The number of nitrogens with zero attached hydrogens (tertiary/aromatic N) is 2. The van der Waals surface area contributed by atoms with Crippen molar-refractivity contribution in [2.45, 2.75) is 64.7 Å². The highest BCUT2D eigenvalue weighted by atomic mass is 16.2. The zero-order valence-corrected chi connectivity index (χ0v) is 16.3. The topological polar surface area (TPSA) is 64.0 Å². The first-order chi connectivity index (χ1) is 13.0. The summed E-state index contributed by atoms with van der Waals surface area (Å²) in [5.41, 5.74) is 3.38. The van der Waals surface area contributed by atoms with Crippen molar-refractivity contribution in [2.75, 3.05) is 5.43 Å². The van der Waals surface area contributed by atoms with Gasteiger partial charge in [0.15, 0.2) is 0 Å².